The van der Waals surface area contributed by atoms with Crippen LogP contribution in [0, 0.1) is 5.82 Å². The second-order valence-corrected chi connectivity index (χ2v) is 5.49. The van der Waals surface area contributed by atoms with E-state index < -0.39 is 0 Å². The van der Waals surface area contributed by atoms with Crippen molar-refractivity contribution in [3.8, 4) is 22.1 Å². The van der Waals surface area contributed by atoms with Gasteiger partial charge in [-0.2, -0.15) is 9.61 Å². The number of hydrogen-bond acceptors (Lipinski definition) is 7. The van der Waals surface area contributed by atoms with Gasteiger partial charge < -0.3 is 0 Å². The summed E-state index contributed by atoms with van der Waals surface area (Å²) < 4.78 is 18.7. The topological polar surface area (TPSA) is 68.9 Å². The fraction of sp³-hybridized carbons (Fsp3) is 0. The summed E-state index contributed by atoms with van der Waals surface area (Å²) in [6.07, 6.45) is 0. The highest BCUT2D eigenvalue weighted by molar-refractivity contribution is 7.20. The molecule has 0 saturated carbocycles. The standard InChI is InChI=1S/C11H5FN6S2/c12-7-3-1-2-6(4-7)9-14-15-11-18(9)16-10(20-11)8-5-19-17-13-8/h1-5H. The molecule has 98 valence electrons. The molecular formula is C11H5FN6S2. The minimum absolute atomic E-state index is 0.321. The van der Waals surface area contributed by atoms with Crippen LogP contribution in [0.1, 0.15) is 0 Å². The second kappa shape index (κ2) is 4.39. The van der Waals surface area contributed by atoms with Crippen molar-refractivity contribution in [1.29, 1.82) is 0 Å². The van der Waals surface area contributed by atoms with E-state index in [-0.39, 0.29) is 5.82 Å². The average molecular weight is 304 g/mol. The Bertz CT molecular complexity index is 881. The Balaban J connectivity index is 1.89. The molecule has 0 saturated heterocycles. The van der Waals surface area contributed by atoms with Crippen LogP contribution in [0.25, 0.3) is 27.1 Å². The van der Waals surface area contributed by atoms with Crippen LogP contribution in [0.4, 0.5) is 4.39 Å². The Morgan fingerprint density at radius 2 is 2.10 bits per heavy atom. The molecule has 4 rings (SSSR count). The monoisotopic (exact) mass is 304 g/mol. The van der Waals surface area contributed by atoms with E-state index in [1.54, 1.807) is 16.6 Å². The van der Waals surface area contributed by atoms with Gasteiger partial charge in [-0.3, -0.25) is 0 Å². The van der Waals surface area contributed by atoms with Crippen molar-refractivity contribution in [1.82, 2.24) is 29.4 Å². The molecule has 6 nitrogen and oxygen atoms in total. The van der Waals surface area contributed by atoms with E-state index in [0.717, 1.165) is 0 Å². The molecule has 0 aliphatic rings. The smallest absolute Gasteiger partial charge is 0.207 e. The first-order valence-corrected chi connectivity index (χ1v) is 7.22. The van der Waals surface area contributed by atoms with Gasteiger partial charge in [-0.15, -0.1) is 15.3 Å². The lowest BCUT2D eigenvalue weighted by atomic mass is 10.2. The quantitative estimate of drug-likeness (QED) is 0.569. The van der Waals surface area contributed by atoms with Crippen molar-refractivity contribution < 1.29 is 4.39 Å². The molecule has 4 aromatic rings. The van der Waals surface area contributed by atoms with Crippen molar-refractivity contribution >= 4 is 27.8 Å². The molecule has 3 heterocycles. The summed E-state index contributed by atoms with van der Waals surface area (Å²) >= 11 is 2.62. The summed E-state index contributed by atoms with van der Waals surface area (Å²) in [5.74, 6) is 0.184. The first-order valence-electron chi connectivity index (χ1n) is 5.57. The van der Waals surface area contributed by atoms with Gasteiger partial charge in [0.1, 0.15) is 11.5 Å². The molecule has 0 bridgehead atoms. The van der Waals surface area contributed by atoms with Gasteiger partial charge in [0, 0.05) is 10.9 Å². The van der Waals surface area contributed by atoms with Gasteiger partial charge in [0.15, 0.2) is 10.8 Å². The second-order valence-electron chi connectivity index (χ2n) is 3.93. The van der Waals surface area contributed by atoms with E-state index in [2.05, 4.69) is 24.9 Å². The van der Waals surface area contributed by atoms with Crippen molar-refractivity contribution in [2.24, 2.45) is 0 Å². The summed E-state index contributed by atoms with van der Waals surface area (Å²) in [5, 5.41) is 19.0. The molecule has 0 radical (unpaired) electrons. The van der Waals surface area contributed by atoms with Crippen molar-refractivity contribution in [2.75, 3.05) is 0 Å². The number of hydrogen-bond donors (Lipinski definition) is 0. The van der Waals surface area contributed by atoms with Gasteiger partial charge in [-0.25, -0.2) is 4.39 Å². The van der Waals surface area contributed by atoms with Crippen LogP contribution in [0.5, 0.6) is 0 Å². The van der Waals surface area contributed by atoms with Crippen molar-refractivity contribution in [2.45, 2.75) is 0 Å². The molecule has 1 aromatic carbocycles. The van der Waals surface area contributed by atoms with Crippen molar-refractivity contribution in [3.63, 3.8) is 0 Å². The number of benzene rings is 1. The van der Waals surface area contributed by atoms with Crippen LogP contribution in [-0.2, 0) is 0 Å². The van der Waals surface area contributed by atoms with E-state index >= 15 is 0 Å². The van der Waals surface area contributed by atoms with E-state index in [0.29, 0.717) is 27.1 Å². The van der Waals surface area contributed by atoms with E-state index in [1.807, 2.05) is 5.38 Å². The van der Waals surface area contributed by atoms with Crippen LogP contribution >= 0.6 is 22.9 Å². The number of fused-ring (bicyclic) bond motifs is 1. The molecule has 3 aromatic heterocycles. The SMILES string of the molecule is Fc1cccc(-c2nnc3sc(-c4csnn4)nn23)c1. The van der Waals surface area contributed by atoms with E-state index in [4.69, 9.17) is 0 Å². The minimum Gasteiger partial charge on any atom is -0.207 e. The number of nitrogens with zero attached hydrogens (tertiary/aromatic N) is 6. The number of halogens is 1. The normalized spacial score (nSPS) is 11.2. The Morgan fingerprint density at radius 1 is 1.15 bits per heavy atom. The molecule has 0 amide bonds. The number of rotatable bonds is 2. The van der Waals surface area contributed by atoms with Gasteiger partial charge in [0.05, 0.1) is 0 Å². The predicted octanol–water partition coefficient (Wildman–Crippen LogP) is 2.51. The molecular weight excluding hydrogens is 299 g/mol. The summed E-state index contributed by atoms with van der Waals surface area (Å²) in [6, 6.07) is 6.18. The molecule has 0 fully saturated rings. The molecule has 9 heteroatoms. The molecule has 20 heavy (non-hydrogen) atoms. The third-order valence-electron chi connectivity index (χ3n) is 2.65. The minimum atomic E-state index is -0.321. The summed E-state index contributed by atoms with van der Waals surface area (Å²) in [4.78, 5) is 0.632. The lowest BCUT2D eigenvalue weighted by Crippen LogP contribution is -1.91. The molecule has 0 aliphatic carbocycles. The highest BCUT2D eigenvalue weighted by Gasteiger charge is 2.15. The molecule has 0 spiro atoms. The van der Waals surface area contributed by atoms with Gasteiger partial charge in [-0.05, 0) is 23.7 Å². The third kappa shape index (κ3) is 1.79. The molecule has 0 aliphatic heterocycles. The lowest BCUT2D eigenvalue weighted by Gasteiger charge is -1.96. The maximum Gasteiger partial charge on any atom is 0.235 e. The van der Waals surface area contributed by atoms with Crippen molar-refractivity contribution in [3.05, 3.63) is 35.5 Å². The Labute approximate surface area is 119 Å². The maximum atomic E-state index is 13.3. The van der Waals surface area contributed by atoms with Gasteiger partial charge >= 0.3 is 0 Å². The largest absolute Gasteiger partial charge is 0.235 e. The first-order chi connectivity index (χ1) is 9.81. The maximum absolute atomic E-state index is 13.3. The fourth-order valence-electron chi connectivity index (χ4n) is 1.79. The zero-order valence-corrected chi connectivity index (χ0v) is 11.4. The number of aromatic nitrogens is 6. The molecule has 0 atom stereocenters. The van der Waals surface area contributed by atoms with Crippen LogP contribution in [0.15, 0.2) is 29.6 Å². The van der Waals surface area contributed by atoms with Gasteiger partial charge in [0.2, 0.25) is 4.96 Å². The highest BCUT2D eigenvalue weighted by Crippen LogP contribution is 2.27. The first kappa shape index (κ1) is 11.6. The summed E-state index contributed by atoms with van der Waals surface area (Å²) in [6.45, 7) is 0. The lowest BCUT2D eigenvalue weighted by molar-refractivity contribution is 0.628. The van der Waals surface area contributed by atoms with Gasteiger partial charge in [-0.1, -0.05) is 28.0 Å². The zero-order valence-electron chi connectivity index (χ0n) is 9.76. The Hall–Kier alpha value is -2.26. The fourth-order valence-corrected chi connectivity index (χ4v) is 3.10. The van der Waals surface area contributed by atoms with Crippen LogP contribution in [0.2, 0.25) is 0 Å². The van der Waals surface area contributed by atoms with Crippen LogP contribution in [-0.4, -0.2) is 29.4 Å². The van der Waals surface area contributed by atoms with Crippen LogP contribution in [0.3, 0.4) is 0 Å². The summed E-state index contributed by atoms with van der Waals surface area (Å²) in [7, 11) is 0. The van der Waals surface area contributed by atoms with Gasteiger partial charge in [0.25, 0.3) is 0 Å². The predicted molar refractivity (Wildman–Crippen MR) is 73.0 cm³/mol. The Kier molecular flexibility index (Phi) is 2.54. The highest BCUT2D eigenvalue weighted by atomic mass is 32.1. The zero-order chi connectivity index (χ0) is 13.5. The Morgan fingerprint density at radius 3 is 2.90 bits per heavy atom. The summed E-state index contributed by atoms with van der Waals surface area (Å²) in [5.41, 5.74) is 1.33. The van der Waals surface area contributed by atoms with E-state index in [9.17, 15) is 4.39 Å². The molecule has 0 unspecified atom stereocenters. The van der Waals surface area contributed by atoms with Crippen LogP contribution < -0.4 is 0 Å². The van der Waals surface area contributed by atoms with E-state index in [1.165, 1.54) is 35.0 Å². The average Bonchev–Trinajstić information content (AvgIpc) is 3.14. The molecule has 0 N–H and O–H groups in total. The third-order valence-corrected chi connectivity index (χ3v) is 4.08.